The summed E-state index contributed by atoms with van der Waals surface area (Å²) in [6, 6.07) is 5.28. The Hall–Kier alpha value is -1.48. The summed E-state index contributed by atoms with van der Waals surface area (Å²) in [7, 11) is 0. The second kappa shape index (κ2) is 5.13. The summed E-state index contributed by atoms with van der Waals surface area (Å²) in [5, 5.41) is 0. The van der Waals surface area contributed by atoms with Crippen LogP contribution in [-0.4, -0.2) is 5.78 Å². The van der Waals surface area contributed by atoms with Crippen LogP contribution in [0.2, 0.25) is 0 Å². The fourth-order valence-electron chi connectivity index (χ4n) is 2.93. The third-order valence-electron chi connectivity index (χ3n) is 3.88. The maximum atomic E-state index is 14.1. The molecule has 3 heteroatoms. The molecule has 1 nitrogen and oxygen atoms in total. The summed E-state index contributed by atoms with van der Waals surface area (Å²) in [6.07, 6.45) is 4.49. The van der Waals surface area contributed by atoms with E-state index in [2.05, 4.69) is 0 Å². The van der Waals surface area contributed by atoms with Gasteiger partial charge >= 0.3 is 0 Å². The van der Waals surface area contributed by atoms with E-state index in [4.69, 9.17) is 0 Å². The van der Waals surface area contributed by atoms with Crippen molar-refractivity contribution < 1.29 is 9.18 Å². The smallest absolute Gasteiger partial charge is 0.206 e. The van der Waals surface area contributed by atoms with Crippen LogP contribution in [0.5, 0.6) is 0 Å². The Labute approximate surface area is 122 Å². The molecule has 0 saturated heterocycles. The molecule has 0 aliphatic heterocycles. The molecular formula is C17H17FOS. The van der Waals surface area contributed by atoms with Crippen LogP contribution in [0.1, 0.15) is 49.6 Å². The molecule has 0 spiro atoms. The second-order valence-electron chi connectivity index (χ2n) is 5.53. The van der Waals surface area contributed by atoms with E-state index >= 15 is 0 Å². The van der Waals surface area contributed by atoms with Crippen molar-refractivity contribution in [3.63, 3.8) is 0 Å². The van der Waals surface area contributed by atoms with Gasteiger partial charge in [0.25, 0.3) is 0 Å². The van der Waals surface area contributed by atoms with Crippen molar-refractivity contribution in [3.8, 4) is 0 Å². The molecule has 0 atom stereocenters. The van der Waals surface area contributed by atoms with Crippen LogP contribution in [0.4, 0.5) is 4.39 Å². The number of aryl methyl sites for hydroxylation is 4. The average Bonchev–Trinajstić information content (AvgIpc) is 2.81. The first-order valence-electron chi connectivity index (χ1n) is 6.99. The molecule has 1 aromatic heterocycles. The molecule has 0 bridgehead atoms. The van der Waals surface area contributed by atoms with Gasteiger partial charge in [-0.3, -0.25) is 4.79 Å². The van der Waals surface area contributed by atoms with Crippen molar-refractivity contribution in [2.45, 2.75) is 39.5 Å². The van der Waals surface area contributed by atoms with E-state index in [0.717, 1.165) is 24.0 Å². The molecule has 20 heavy (non-hydrogen) atoms. The van der Waals surface area contributed by atoms with E-state index in [0.29, 0.717) is 4.88 Å². The minimum absolute atomic E-state index is 0.167. The SMILES string of the molecule is Cc1cc(C)c(C(=O)c2cc3c(s2)CCCC3)c(F)c1. The van der Waals surface area contributed by atoms with Gasteiger partial charge in [-0.2, -0.15) is 0 Å². The van der Waals surface area contributed by atoms with Gasteiger partial charge in [0, 0.05) is 4.88 Å². The van der Waals surface area contributed by atoms with Gasteiger partial charge in [-0.15, -0.1) is 11.3 Å². The van der Waals surface area contributed by atoms with Crippen molar-refractivity contribution in [1.29, 1.82) is 0 Å². The number of hydrogen-bond acceptors (Lipinski definition) is 2. The number of rotatable bonds is 2. The molecular weight excluding hydrogens is 271 g/mol. The molecule has 0 unspecified atom stereocenters. The van der Waals surface area contributed by atoms with Crippen LogP contribution in [0.25, 0.3) is 0 Å². The lowest BCUT2D eigenvalue weighted by molar-refractivity contribution is 0.103. The van der Waals surface area contributed by atoms with Crippen molar-refractivity contribution in [3.05, 3.63) is 56.0 Å². The molecule has 1 aliphatic rings. The topological polar surface area (TPSA) is 17.1 Å². The monoisotopic (exact) mass is 288 g/mol. The molecule has 104 valence electrons. The average molecular weight is 288 g/mol. The van der Waals surface area contributed by atoms with Gasteiger partial charge in [0.05, 0.1) is 10.4 Å². The normalized spacial score (nSPS) is 14.2. The first-order valence-corrected chi connectivity index (χ1v) is 7.81. The van der Waals surface area contributed by atoms with Crippen LogP contribution < -0.4 is 0 Å². The fourth-order valence-corrected chi connectivity index (χ4v) is 4.13. The van der Waals surface area contributed by atoms with Crippen LogP contribution in [0, 0.1) is 19.7 Å². The third-order valence-corrected chi connectivity index (χ3v) is 5.12. The van der Waals surface area contributed by atoms with Gasteiger partial charge in [-0.25, -0.2) is 4.39 Å². The standard InChI is InChI=1S/C17H17FOS/c1-10-7-11(2)16(13(18)8-10)17(19)15-9-12-5-3-4-6-14(12)20-15/h7-9H,3-6H2,1-2H3. The zero-order valence-electron chi connectivity index (χ0n) is 11.8. The minimum atomic E-state index is -0.404. The van der Waals surface area contributed by atoms with Crippen LogP contribution in [0.3, 0.4) is 0 Å². The molecule has 0 saturated carbocycles. The van der Waals surface area contributed by atoms with E-state index in [-0.39, 0.29) is 11.3 Å². The molecule has 2 aromatic rings. The highest BCUT2D eigenvalue weighted by Gasteiger charge is 2.22. The Morgan fingerprint density at radius 1 is 1.15 bits per heavy atom. The van der Waals surface area contributed by atoms with Crippen molar-refractivity contribution >= 4 is 17.1 Å². The molecule has 1 aromatic carbocycles. The van der Waals surface area contributed by atoms with Crippen molar-refractivity contribution in [2.24, 2.45) is 0 Å². The number of carbonyl (C=O) groups is 1. The highest BCUT2D eigenvalue weighted by Crippen LogP contribution is 2.32. The van der Waals surface area contributed by atoms with E-state index in [1.54, 1.807) is 18.3 Å². The van der Waals surface area contributed by atoms with Gasteiger partial charge in [-0.05, 0) is 68.4 Å². The molecule has 0 N–H and O–H groups in total. The number of halogens is 1. The number of thiophene rings is 1. The zero-order valence-corrected chi connectivity index (χ0v) is 12.6. The fraction of sp³-hybridized carbons (Fsp3) is 0.353. The number of ketones is 1. The van der Waals surface area contributed by atoms with Crippen LogP contribution >= 0.6 is 11.3 Å². The molecule has 3 rings (SSSR count). The summed E-state index contributed by atoms with van der Waals surface area (Å²) in [5.41, 5.74) is 3.09. The number of hydrogen-bond donors (Lipinski definition) is 0. The summed E-state index contributed by atoms with van der Waals surface area (Å²) < 4.78 is 14.1. The zero-order chi connectivity index (χ0) is 14.3. The first-order chi connectivity index (χ1) is 9.56. The minimum Gasteiger partial charge on any atom is -0.288 e. The predicted molar refractivity (Wildman–Crippen MR) is 80.3 cm³/mol. The lowest BCUT2D eigenvalue weighted by Gasteiger charge is -2.08. The Kier molecular flexibility index (Phi) is 3.47. The van der Waals surface area contributed by atoms with Crippen molar-refractivity contribution in [2.75, 3.05) is 0 Å². The number of carbonyl (C=O) groups excluding carboxylic acids is 1. The van der Waals surface area contributed by atoms with E-state index in [9.17, 15) is 9.18 Å². The predicted octanol–water partition coefficient (Wildman–Crippen LogP) is 4.61. The Balaban J connectivity index is 2.03. The van der Waals surface area contributed by atoms with Crippen molar-refractivity contribution in [1.82, 2.24) is 0 Å². The van der Waals surface area contributed by atoms with Crippen LogP contribution in [-0.2, 0) is 12.8 Å². The van der Waals surface area contributed by atoms with Gasteiger partial charge < -0.3 is 0 Å². The van der Waals surface area contributed by atoms with Gasteiger partial charge in [0.1, 0.15) is 5.82 Å². The number of fused-ring (bicyclic) bond motifs is 1. The summed E-state index contributed by atoms with van der Waals surface area (Å²) in [5.74, 6) is -0.571. The molecule has 1 aliphatic carbocycles. The first kappa shape index (κ1) is 13.5. The van der Waals surface area contributed by atoms with Gasteiger partial charge in [0.2, 0.25) is 5.78 Å². The molecule has 1 heterocycles. The maximum absolute atomic E-state index is 14.1. The summed E-state index contributed by atoms with van der Waals surface area (Å²) >= 11 is 1.54. The van der Waals surface area contributed by atoms with Gasteiger partial charge in [-0.1, -0.05) is 6.07 Å². The van der Waals surface area contributed by atoms with Crippen LogP contribution in [0.15, 0.2) is 18.2 Å². The van der Waals surface area contributed by atoms with Gasteiger partial charge in [0.15, 0.2) is 0 Å². The largest absolute Gasteiger partial charge is 0.288 e. The Morgan fingerprint density at radius 2 is 1.90 bits per heavy atom. The lowest BCUT2D eigenvalue weighted by Crippen LogP contribution is -2.05. The summed E-state index contributed by atoms with van der Waals surface area (Å²) in [6.45, 7) is 3.64. The highest BCUT2D eigenvalue weighted by molar-refractivity contribution is 7.14. The quantitative estimate of drug-likeness (QED) is 0.737. The second-order valence-corrected chi connectivity index (χ2v) is 6.67. The Morgan fingerprint density at radius 3 is 2.60 bits per heavy atom. The Bertz CT molecular complexity index is 638. The van der Waals surface area contributed by atoms with E-state index < -0.39 is 5.82 Å². The number of benzene rings is 1. The van der Waals surface area contributed by atoms with E-state index in [1.807, 2.05) is 19.1 Å². The van der Waals surface area contributed by atoms with E-state index in [1.165, 1.54) is 29.3 Å². The maximum Gasteiger partial charge on any atom is 0.206 e. The highest BCUT2D eigenvalue weighted by atomic mass is 32.1. The molecule has 0 fully saturated rings. The summed E-state index contributed by atoms with van der Waals surface area (Å²) in [4.78, 5) is 14.6. The third kappa shape index (κ3) is 2.31. The molecule has 0 amide bonds. The lowest BCUT2D eigenvalue weighted by atomic mass is 9.97. The molecule has 0 radical (unpaired) electrons.